The number of anilines is 1. The lowest BCUT2D eigenvalue weighted by atomic mass is 10.1. The van der Waals surface area contributed by atoms with Crippen molar-refractivity contribution in [1.82, 2.24) is 4.90 Å². The van der Waals surface area contributed by atoms with Crippen molar-refractivity contribution in [3.05, 3.63) is 76.1 Å². The third-order valence-corrected chi connectivity index (χ3v) is 5.06. The lowest BCUT2D eigenvalue weighted by Gasteiger charge is -2.36. The van der Waals surface area contributed by atoms with E-state index in [2.05, 4.69) is 4.90 Å². The summed E-state index contributed by atoms with van der Waals surface area (Å²) in [5.74, 6) is 0. The molecule has 2 heterocycles. The third-order valence-electron chi connectivity index (χ3n) is 5.06. The maximum absolute atomic E-state index is 12.9. The van der Waals surface area contributed by atoms with Crippen LogP contribution in [0.15, 0.2) is 64.0 Å². The highest BCUT2D eigenvalue weighted by Gasteiger charge is 2.31. The van der Waals surface area contributed by atoms with Crippen LogP contribution in [0.25, 0.3) is 11.0 Å². The molecule has 0 bridgehead atoms. The van der Waals surface area contributed by atoms with Crippen molar-refractivity contribution in [3.63, 3.8) is 0 Å². The molecule has 1 fully saturated rings. The summed E-state index contributed by atoms with van der Waals surface area (Å²) in [6.07, 6.45) is -2.84. The first kappa shape index (κ1) is 18.6. The molecule has 1 aliphatic rings. The molecule has 4 nitrogen and oxygen atoms in total. The number of halogens is 3. The van der Waals surface area contributed by atoms with Crippen LogP contribution in [0, 0.1) is 0 Å². The van der Waals surface area contributed by atoms with Crippen molar-refractivity contribution >= 4 is 16.7 Å². The van der Waals surface area contributed by atoms with Crippen LogP contribution in [-0.2, 0) is 12.7 Å². The first-order valence-electron chi connectivity index (χ1n) is 9.06. The zero-order valence-electron chi connectivity index (χ0n) is 15.1. The molecule has 0 amide bonds. The molecule has 0 saturated carbocycles. The number of fused-ring (bicyclic) bond motifs is 1. The molecule has 1 aliphatic heterocycles. The number of para-hydroxylation sites is 1. The van der Waals surface area contributed by atoms with Gasteiger partial charge in [-0.25, -0.2) is 0 Å². The van der Waals surface area contributed by atoms with Crippen LogP contribution >= 0.6 is 0 Å². The highest BCUT2D eigenvalue weighted by molar-refractivity contribution is 5.76. The smallest absolute Gasteiger partial charge is 0.416 e. The predicted molar refractivity (Wildman–Crippen MR) is 101 cm³/mol. The molecule has 0 spiro atoms. The van der Waals surface area contributed by atoms with E-state index in [1.807, 2.05) is 11.0 Å². The molecule has 1 aromatic heterocycles. The summed E-state index contributed by atoms with van der Waals surface area (Å²) >= 11 is 0. The summed E-state index contributed by atoms with van der Waals surface area (Å²) in [6.45, 7) is 2.97. The average molecular weight is 388 g/mol. The minimum absolute atomic E-state index is 0.0397. The topological polar surface area (TPSA) is 36.7 Å². The van der Waals surface area contributed by atoms with E-state index in [-0.39, 0.29) is 5.43 Å². The minimum atomic E-state index is -4.35. The first-order chi connectivity index (χ1) is 13.4. The monoisotopic (exact) mass is 388 g/mol. The van der Waals surface area contributed by atoms with Crippen LogP contribution < -0.4 is 10.3 Å². The molecular formula is C21H19F3N2O2. The van der Waals surface area contributed by atoms with Gasteiger partial charge in [-0.3, -0.25) is 9.69 Å². The van der Waals surface area contributed by atoms with Gasteiger partial charge < -0.3 is 9.32 Å². The lowest BCUT2D eigenvalue weighted by molar-refractivity contribution is -0.137. The van der Waals surface area contributed by atoms with E-state index in [0.29, 0.717) is 54.9 Å². The van der Waals surface area contributed by atoms with Crippen molar-refractivity contribution in [3.8, 4) is 0 Å². The van der Waals surface area contributed by atoms with Crippen LogP contribution in [0.5, 0.6) is 0 Å². The van der Waals surface area contributed by atoms with Gasteiger partial charge in [0.25, 0.3) is 0 Å². The van der Waals surface area contributed by atoms with E-state index in [0.717, 1.165) is 6.07 Å². The molecule has 4 rings (SSSR count). The SMILES string of the molecule is O=c1c(CN2CCN(c3cccc(C(F)(F)F)c3)CC2)coc2ccccc12. The fraction of sp³-hybridized carbons (Fsp3) is 0.286. The molecule has 0 radical (unpaired) electrons. The van der Waals surface area contributed by atoms with Crippen LogP contribution in [-0.4, -0.2) is 31.1 Å². The van der Waals surface area contributed by atoms with Crippen LogP contribution in [0.4, 0.5) is 18.9 Å². The second kappa shape index (κ2) is 7.31. The van der Waals surface area contributed by atoms with E-state index in [9.17, 15) is 18.0 Å². The Labute approximate surface area is 159 Å². The summed E-state index contributed by atoms with van der Waals surface area (Å²) in [5, 5.41) is 0.558. The van der Waals surface area contributed by atoms with Gasteiger partial charge in [0.15, 0.2) is 5.43 Å². The molecule has 3 aromatic rings. The fourth-order valence-electron chi connectivity index (χ4n) is 3.51. The number of rotatable bonds is 3. The Hall–Kier alpha value is -2.80. The third kappa shape index (κ3) is 3.75. The van der Waals surface area contributed by atoms with Crippen LogP contribution in [0.3, 0.4) is 0 Å². The van der Waals surface area contributed by atoms with E-state index >= 15 is 0 Å². The summed E-state index contributed by atoms with van der Waals surface area (Å²) in [4.78, 5) is 16.7. The molecule has 146 valence electrons. The lowest BCUT2D eigenvalue weighted by Crippen LogP contribution is -2.46. The van der Waals surface area contributed by atoms with Gasteiger partial charge in [0, 0.05) is 44.0 Å². The van der Waals surface area contributed by atoms with Crippen molar-refractivity contribution in [2.45, 2.75) is 12.7 Å². The fourth-order valence-corrected chi connectivity index (χ4v) is 3.51. The quantitative estimate of drug-likeness (QED) is 0.676. The summed E-state index contributed by atoms with van der Waals surface area (Å²) in [6, 6.07) is 12.5. The van der Waals surface area contributed by atoms with Crippen LogP contribution in [0.2, 0.25) is 0 Å². The standard InChI is InChI=1S/C21H19F3N2O2/c22-21(23,24)16-4-3-5-17(12-16)26-10-8-25(9-11-26)13-15-14-28-19-7-2-1-6-18(19)20(15)27/h1-7,12,14H,8-11,13H2. The van der Waals surface area contributed by atoms with Gasteiger partial charge in [0.2, 0.25) is 0 Å². The Bertz CT molecular complexity index is 1040. The van der Waals surface area contributed by atoms with Crippen LogP contribution in [0.1, 0.15) is 11.1 Å². The van der Waals surface area contributed by atoms with Crippen molar-refractivity contribution in [2.24, 2.45) is 0 Å². The number of nitrogens with zero attached hydrogens (tertiary/aromatic N) is 2. The molecular weight excluding hydrogens is 369 g/mol. The Balaban J connectivity index is 1.44. The van der Waals surface area contributed by atoms with Gasteiger partial charge in [-0.15, -0.1) is 0 Å². The average Bonchev–Trinajstić information content (AvgIpc) is 2.70. The van der Waals surface area contributed by atoms with Gasteiger partial charge >= 0.3 is 6.18 Å². The minimum Gasteiger partial charge on any atom is -0.464 e. The Morgan fingerprint density at radius 3 is 2.46 bits per heavy atom. The van der Waals surface area contributed by atoms with Crippen molar-refractivity contribution in [2.75, 3.05) is 31.1 Å². The van der Waals surface area contributed by atoms with Crippen molar-refractivity contribution < 1.29 is 17.6 Å². The van der Waals surface area contributed by atoms with Gasteiger partial charge in [-0.05, 0) is 30.3 Å². The molecule has 7 heteroatoms. The van der Waals surface area contributed by atoms with E-state index in [1.165, 1.54) is 18.4 Å². The molecule has 0 aliphatic carbocycles. The molecule has 0 atom stereocenters. The summed E-state index contributed by atoms with van der Waals surface area (Å²) < 4.78 is 44.3. The Morgan fingerprint density at radius 1 is 0.964 bits per heavy atom. The summed E-state index contributed by atoms with van der Waals surface area (Å²) in [7, 11) is 0. The largest absolute Gasteiger partial charge is 0.464 e. The van der Waals surface area contributed by atoms with Gasteiger partial charge in [0.1, 0.15) is 5.58 Å². The maximum Gasteiger partial charge on any atom is 0.416 e. The number of piperazine rings is 1. The molecule has 0 N–H and O–H groups in total. The second-order valence-corrected chi connectivity index (χ2v) is 6.90. The molecule has 2 aromatic carbocycles. The highest BCUT2D eigenvalue weighted by Crippen LogP contribution is 2.31. The first-order valence-corrected chi connectivity index (χ1v) is 9.06. The number of alkyl halides is 3. The van der Waals surface area contributed by atoms with E-state index in [1.54, 1.807) is 24.3 Å². The molecule has 28 heavy (non-hydrogen) atoms. The van der Waals surface area contributed by atoms with Crippen molar-refractivity contribution in [1.29, 1.82) is 0 Å². The second-order valence-electron chi connectivity index (χ2n) is 6.90. The van der Waals surface area contributed by atoms with Gasteiger partial charge in [-0.2, -0.15) is 13.2 Å². The summed E-state index contributed by atoms with van der Waals surface area (Å²) in [5.41, 5.74) is 1.04. The van der Waals surface area contributed by atoms with E-state index in [4.69, 9.17) is 4.42 Å². The predicted octanol–water partition coefficient (Wildman–Crippen LogP) is 4.13. The normalized spacial score (nSPS) is 15.9. The number of benzene rings is 2. The zero-order valence-corrected chi connectivity index (χ0v) is 15.1. The zero-order chi connectivity index (χ0) is 19.7. The maximum atomic E-state index is 12.9. The van der Waals surface area contributed by atoms with E-state index < -0.39 is 11.7 Å². The Kier molecular flexibility index (Phi) is 4.85. The highest BCUT2D eigenvalue weighted by atomic mass is 19.4. The van der Waals surface area contributed by atoms with Gasteiger partial charge in [-0.1, -0.05) is 18.2 Å². The number of hydrogen-bond acceptors (Lipinski definition) is 4. The molecule has 0 unspecified atom stereocenters. The van der Waals surface area contributed by atoms with Gasteiger partial charge in [0.05, 0.1) is 17.2 Å². The molecule has 1 saturated heterocycles. The Morgan fingerprint density at radius 2 is 1.71 bits per heavy atom. The number of hydrogen-bond donors (Lipinski definition) is 0.